The van der Waals surface area contributed by atoms with Crippen molar-refractivity contribution in [3.8, 4) is 5.75 Å². The summed E-state index contributed by atoms with van der Waals surface area (Å²) in [4.78, 5) is 9.87. The highest BCUT2D eigenvalue weighted by atomic mass is 19.2. The van der Waals surface area contributed by atoms with Crippen molar-refractivity contribution in [3.63, 3.8) is 0 Å². The van der Waals surface area contributed by atoms with Crippen molar-refractivity contribution >= 4 is 5.69 Å². The molecule has 1 saturated carbocycles. The minimum atomic E-state index is -1.40. The molecule has 2 rings (SSSR count). The normalized spacial score (nSPS) is 23.1. The maximum absolute atomic E-state index is 13.5. The Morgan fingerprint density at radius 2 is 2.11 bits per heavy atom. The van der Waals surface area contributed by atoms with Crippen LogP contribution >= 0.6 is 0 Å². The number of nitrogens with zero attached hydrogens (tertiary/aromatic N) is 1. The van der Waals surface area contributed by atoms with Gasteiger partial charge in [0.1, 0.15) is 6.10 Å². The molecule has 18 heavy (non-hydrogen) atoms. The van der Waals surface area contributed by atoms with E-state index in [9.17, 15) is 24.0 Å². The van der Waals surface area contributed by atoms with Gasteiger partial charge >= 0.3 is 5.69 Å². The largest absolute Gasteiger partial charge is 0.479 e. The van der Waals surface area contributed by atoms with E-state index in [1.165, 1.54) is 0 Å². The van der Waals surface area contributed by atoms with Crippen LogP contribution in [0.1, 0.15) is 19.3 Å². The molecular formula is C11H11F2NO4. The molecule has 1 aliphatic rings. The molecule has 1 aliphatic carbocycles. The molecule has 0 aliphatic heterocycles. The lowest BCUT2D eigenvalue weighted by Gasteiger charge is -2.17. The zero-order valence-corrected chi connectivity index (χ0v) is 9.31. The molecule has 7 heteroatoms. The average molecular weight is 259 g/mol. The van der Waals surface area contributed by atoms with E-state index >= 15 is 0 Å². The minimum Gasteiger partial charge on any atom is -0.479 e. The fraction of sp³-hybridized carbons (Fsp3) is 0.455. The van der Waals surface area contributed by atoms with Crippen LogP contribution in [0.4, 0.5) is 14.5 Å². The number of nitro groups is 1. The zero-order chi connectivity index (χ0) is 13.3. The Balaban J connectivity index is 2.35. The standard InChI is InChI=1S/C11H11F2NO4/c12-6-4-5-7(14(16)17)11(10(6)13)18-9-3-1-2-8(9)15/h4-5,8-9,15H,1-3H2. The van der Waals surface area contributed by atoms with Gasteiger partial charge in [0.15, 0.2) is 5.82 Å². The van der Waals surface area contributed by atoms with Crippen molar-refractivity contribution < 1.29 is 23.5 Å². The van der Waals surface area contributed by atoms with Gasteiger partial charge in [-0.15, -0.1) is 0 Å². The summed E-state index contributed by atoms with van der Waals surface area (Å²) < 4.78 is 31.7. The summed E-state index contributed by atoms with van der Waals surface area (Å²) in [6, 6.07) is 1.51. The van der Waals surface area contributed by atoms with Crippen LogP contribution in [0, 0.1) is 21.7 Å². The van der Waals surface area contributed by atoms with Crippen LogP contribution < -0.4 is 4.74 Å². The van der Waals surface area contributed by atoms with Crippen molar-refractivity contribution in [1.29, 1.82) is 0 Å². The summed E-state index contributed by atoms with van der Waals surface area (Å²) >= 11 is 0. The van der Waals surface area contributed by atoms with E-state index in [2.05, 4.69) is 0 Å². The highest BCUT2D eigenvalue weighted by molar-refractivity contribution is 5.47. The molecule has 1 aromatic rings. The lowest BCUT2D eigenvalue weighted by molar-refractivity contribution is -0.386. The molecule has 0 radical (unpaired) electrons. The van der Waals surface area contributed by atoms with Crippen LogP contribution in [-0.2, 0) is 0 Å². The molecule has 98 valence electrons. The molecule has 5 nitrogen and oxygen atoms in total. The topological polar surface area (TPSA) is 72.6 Å². The predicted molar refractivity (Wildman–Crippen MR) is 57.3 cm³/mol. The smallest absolute Gasteiger partial charge is 0.314 e. The number of aliphatic hydroxyl groups excluding tert-OH is 1. The molecule has 2 unspecified atom stereocenters. The number of hydrogen-bond donors (Lipinski definition) is 1. The number of ether oxygens (including phenoxy) is 1. The van der Waals surface area contributed by atoms with Crippen LogP contribution in [0.25, 0.3) is 0 Å². The van der Waals surface area contributed by atoms with Gasteiger partial charge in [-0.3, -0.25) is 10.1 Å². The first-order valence-electron chi connectivity index (χ1n) is 5.48. The lowest BCUT2D eigenvalue weighted by Crippen LogP contribution is -2.26. The number of benzene rings is 1. The molecule has 2 atom stereocenters. The van der Waals surface area contributed by atoms with Crippen LogP contribution in [0.15, 0.2) is 12.1 Å². The predicted octanol–water partition coefficient (Wildman–Crippen LogP) is 2.17. The van der Waals surface area contributed by atoms with E-state index in [0.717, 1.165) is 6.07 Å². The Morgan fingerprint density at radius 3 is 2.67 bits per heavy atom. The highest BCUT2D eigenvalue weighted by Crippen LogP contribution is 2.34. The number of halogens is 2. The Hall–Kier alpha value is -1.76. The third kappa shape index (κ3) is 2.26. The van der Waals surface area contributed by atoms with Gasteiger partial charge in [-0.1, -0.05) is 0 Å². The summed E-state index contributed by atoms with van der Waals surface area (Å²) in [5.41, 5.74) is -0.645. The lowest BCUT2D eigenvalue weighted by atomic mass is 10.2. The first kappa shape index (κ1) is 12.7. The van der Waals surface area contributed by atoms with Crippen LogP contribution in [-0.4, -0.2) is 22.2 Å². The Morgan fingerprint density at radius 1 is 1.39 bits per heavy atom. The van der Waals surface area contributed by atoms with E-state index in [0.29, 0.717) is 25.3 Å². The van der Waals surface area contributed by atoms with Gasteiger partial charge in [0, 0.05) is 6.07 Å². The Bertz CT molecular complexity index is 480. The van der Waals surface area contributed by atoms with Crippen LogP contribution in [0.5, 0.6) is 5.75 Å². The summed E-state index contributed by atoms with van der Waals surface area (Å²) in [6.07, 6.45) is 0.0625. The Labute approximate surface area is 101 Å². The highest BCUT2D eigenvalue weighted by Gasteiger charge is 2.32. The van der Waals surface area contributed by atoms with Crippen molar-refractivity contribution in [3.05, 3.63) is 33.9 Å². The van der Waals surface area contributed by atoms with Gasteiger partial charge in [0.05, 0.1) is 11.0 Å². The van der Waals surface area contributed by atoms with Crippen molar-refractivity contribution in [2.24, 2.45) is 0 Å². The van der Waals surface area contributed by atoms with E-state index in [1.807, 2.05) is 0 Å². The van der Waals surface area contributed by atoms with Gasteiger partial charge in [-0.05, 0) is 25.3 Å². The minimum absolute atomic E-state index is 0.453. The van der Waals surface area contributed by atoms with Gasteiger partial charge in [-0.25, -0.2) is 4.39 Å². The zero-order valence-electron chi connectivity index (χ0n) is 9.31. The molecule has 1 aromatic carbocycles. The second-order valence-corrected chi connectivity index (χ2v) is 4.12. The summed E-state index contributed by atoms with van der Waals surface area (Å²) in [5.74, 6) is -3.36. The van der Waals surface area contributed by atoms with E-state index in [-0.39, 0.29) is 0 Å². The van der Waals surface area contributed by atoms with Gasteiger partial charge < -0.3 is 9.84 Å². The van der Waals surface area contributed by atoms with E-state index in [4.69, 9.17) is 4.74 Å². The maximum Gasteiger partial charge on any atom is 0.314 e. The molecule has 0 spiro atoms. The molecule has 0 heterocycles. The number of nitro benzene ring substituents is 1. The van der Waals surface area contributed by atoms with Crippen molar-refractivity contribution in [2.75, 3.05) is 0 Å². The molecule has 0 amide bonds. The van der Waals surface area contributed by atoms with Gasteiger partial charge in [-0.2, -0.15) is 4.39 Å². The van der Waals surface area contributed by atoms with E-state index < -0.39 is 40.2 Å². The third-order valence-corrected chi connectivity index (χ3v) is 2.91. The second kappa shape index (κ2) is 4.85. The van der Waals surface area contributed by atoms with Crippen molar-refractivity contribution in [2.45, 2.75) is 31.5 Å². The number of hydrogen-bond acceptors (Lipinski definition) is 4. The molecule has 1 fully saturated rings. The fourth-order valence-electron chi connectivity index (χ4n) is 1.97. The number of aliphatic hydroxyl groups is 1. The third-order valence-electron chi connectivity index (χ3n) is 2.91. The summed E-state index contributed by atoms with van der Waals surface area (Å²) in [7, 11) is 0. The molecular weight excluding hydrogens is 248 g/mol. The molecule has 0 saturated heterocycles. The average Bonchev–Trinajstić information content (AvgIpc) is 2.70. The first-order chi connectivity index (χ1) is 8.50. The van der Waals surface area contributed by atoms with Crippen LogP contribution in [0.3, 0.4) is 0 Å². The maximum atomic E-state index is 13.5. The number of rotatable bonds is 3. The fourth-order valence-corrected chi connectivity index (χ4v) is 1.97. The quantitative estimate of drug-likeness (QED) is 0.667. The van der Waals surface area contributed by atoms with Crippen molar-refractivity contribution in [1.82, 2.24) is 0 Å². The van der Waals surface area contributed by atoms with Gasteiger partial charge in [0.2, 0.25) is 11.6 Å². The summed E-state index contributed by atoms with van der Waals surface area (Å²) in [5, 5.41) is 20.2. The Kier molecular flexibility index (Phi) is 3.42. The monoisotopic (exact) mass is 259 g/mol. The van der Waals surface area contributed by atoms with Gasteiger partial charge in [0.25, 0.3) is 0 Å². The summed E-state index contributed by atoms with van der Waals surface area (Å²) in [6.45, 7) is 0. The first-order valence-corrected chi connectivity index (χ1v) is 5.48. The van der Waals surface area contributed by atoms with E-state index in [1.54, 1.807) is 0 Å². The molecule has 0 bridgehead atoms. The SMILES string of the molecule is O=[N+]([O-])c1ccc(F)c(F)c1OC1CCCC1O. The molecule has 1 N–H and O–H groups in total. The van der Waals surface area contributed by atoms with Crippen LogP contribution in [0.2, 0.25) is 0 Å². The second-order valence-electron chi connectivity index (χ2n) is 4.12. The molecule has 0 aromatic heterocycles.